The number of amides is 2. The lowest BCUT2D eigenvalue weighted by Crippen LogP contribution is -2.47. The van der Waals surface area contributed by atoms with Crippen LogP contribution in [0.5, 0.6) is 0 Å². The van der Waals surface area contributed by atoms with Crippen molar-refractivity contribution in [1.29, 1.82) is 0 Å². The minimum absolute atomic E-state index is 0.353. The van der Waals surface area contributed by atoms with Crippen molar-refractivity contribution >= 4 is 11.8 Å². The van der Waals surface area contributed by atoms with Crippen LogP contribution in [-0.4, -0.2) is 45.7 Å². The molecule has 0 spiro atoms. The molecular weight excluding hydrogens is 234 g/mol. The van der Waals surface area contributed by atoms with E-state index in [4.69, 9.17) is 5.11 Å². The third-order valence-electron chi connectivity index (χ3n) is 3.21. The number of benzene rings is 1. The van der Waals surface area contributed by atoms with Crippen molar-refractivity contribution < 1.29 is 19.8 Å². The molecule has 0 unspecified atom stereocenters. The summed E-state index contributed by atoms with van der Waals surface area (Å²) in [5.74, 6) is -0.815. The van der Waals surface area contributed by atoms with Gasteiger partial charge in [0.1, 0.15) is 0 Å². The van der Waals surface area contributed by atoms with Gasteiger partial charge in [-0.25, -0.2) is 0 Å². The molecule has 2 atom stereocenters. The molecule has 0 saturated heterocycles. The summed E-state index contributed by atoms with van der Waals surface area (Å²) in [6.45, 7) is 1.28. The molecule has 0 aromatic heterocycles. The van der Waals surface area contributed by atoms with E-state index in [1.807, 2.05) is 0 Å². The Hall–Kier alpha value is -1.72. The normalized spacial score (nSPS) is 17.8. The highest BCUT2D eigenvalue weighted by Crippen LogP contribution is 2.26. The van der Waals surface area contributed by atoms with E-state index >= 15 is 0 Å². The Morgan fingerprint density at radius 2 is 1.67 bits per heavy atom. The van der Waals surface area contributed by atoms with E-state index in [0.717, 1.165) is 4.90 Å². The second-order valence-electron chi connectivity index (χ2n) is 4.25. The SMILES string of the molecule is CC[C@H]([C@H](O)CO)N1C(=O)c2ccccc2C1=O. The van der Waals surface area contributed by atoms with Crippen molar-refractivity contribution in [2.45, 2.75) is 25.5 Å². The van der Waals surface area contributed by atoms with Gasteiger partial charge in [-0.3, -0.25) is 14.5 Å². The Balaban J connectivity index is 2.38. The van der Waals surface area contributed by atoms with Crippen LogP contribution < -0.4 is 0 Å². The molecule has 0 saturated carbocycles. The van der Waals surface area contributed by atoms with E-state index in [9.17, 15) is 14.7 Å². The molecular formula is C13H15NO4. The molecule has 18 heavy (non-hydrogen) atoms. The summed E-state index contributed by atoms with van der Waals surface area (Å²) in [6.07, 6.45) is -0.718. The van der Waals surface area contributed by atoms with Gasteiger partial charge in [-0.15, -0.1) is 0 Å². The zero-order valence-corrected chi connectivity index (χ0v) is 10.0. The number of aliphatic hydroxyl groups excluding tert-OH is 2. The molecule has 1 aliphatic heterocycles. The Kier molecular flexibility index (Phi) is 3.45. The molecule has 5 nitrogen and oxygen atoms in total. The highest BCUT2D eigenvalue weighted by atomic mass is 16.3. The molecule has 0 radical (unpaired) electrons. The van der Waals surface area contributed by atoms with Crippen molar-refractivity contribution in [3.8, 4) is 0 Å². The first-order chi connectivity index (χ1) is 8.61. The minimum atomic E-state index is -1.11. The van der Waals surface area contributed by atoms with Gasteiger partial charge in [-0.05, 0) is 18.6 Å². The van der Waals surface area contributed by atoms with Crippen molar-refractivity contribution in [2.24, 2.45) is 0 Å². The third-order valence-corrected chi connectivity index (χ3v) is 3.21. The lowest BCUT2D eigenvalue weighted by molar-refractivity contribution is 0.0136. The summed E-state index contributed by atoms with van der Waals surface area (Å²) in [7, 11) is 0. The van der Waals surface area contributed by atoms with Gasteiger partial charge in [0.15, 0.2) is 0 Å². The van der Waals surface area contributed by atoms with E-state index in [1.165, 1.54) is 0 Å². The smallest absolute Gasteiger partial charge is 0.261 e. The van der Waals surface area contributed by atoms with Gasteiger partial charge >= 0.3 is 0 Å². The summed E-state index contributed by atoms with van der Waals surface area (Å²) in [6, 6.07) is 5.87. The van der Waals surface area contributed by atoms with Crippen LogP contribution in [-0.2, 0) is 0 Å². The number of aliphatic hydroxyl groups is 2. The monoisotopic (exact) mass is 249 g/mol. The van der Waals surface area contributed by atoms with Crippen LogP contribution >= 0.6 is 0 Å². The highest BCUT2D eigenvalue weighted by molar-refractivity contribution is 6.21. The maximum absolute atomic E-state index is 12.1. The lowest BCUT2D eigenvalue weighted by atomic mass is 10.1. The summed E-state index contributed by atoms with van der Waals surface area (Å²) >= 11 is 0. The molecule has 1 aliphatic rings. The average Bonchev–Trinajstić information content (AvgIpc) is 2.65. The molecule has 2 N–H and O–H groups in total. The Labute approximate surface area is 105 Å². The highest BCUT2D eigenvalue weighted by Gasteiger charge is 2.41. The molecule has 2 rings (SSSR count). The first kappa shape index (κ1) is 12.7. The quantitative estimate of drug-likeness (QED) is 0.758. The molecule has 0 fully saturated rings. The Morgan fingerprint density at radius 3 is 2.06 bits per heavy atom. The number of imide groups is 1. The van der Waals surface area contributed by atoms with E-state index < -0.39 is 30.6 Å². The molecule has 5 heteroatoms. The number of rotatable bonds is 4. The van der Waals surface area contributed by atoms with Gasteiger partial charge < -0.3 is 10.2 Å². The zero-order valence-electron chi connectivity index (χ0n) is 10.0. The minimum Gasteiger partial charge on any atom is -0.394 e. The fraction of sp³-hybridized carbons (Fsp3) is 0.385. The standard InChI is InChI=1S/C13H15NO4/c1-2-10(11(16)7-15)14-12(17)8-5-3-4-6-9(8)13(14)18/h3-6,10-11,15-16H,2,7H2,1H3/t10-,11-/m1/s1. The fourth-order valence-corrected chi connectivity index (χ4v) is 2.26. The summed E-state index contributed by atoms with van der Waals surface area (Å²) in [5.41, 5.74) is 0.706. The van der Waals surface area contributed by atoms with Crippen molar-refractivity contribution in [3.05, 3.63) is 35.4 Å². The van der Waals surface area contributed by atoms with Gasteiger partial charge in [-0.2, -0.15) is 0 Å². The van der Waals surface area contributed by atoms with Crippen molar-refractivity contribution in [3.63, 3.8) is 0 Å². The van der Waals surface area contributed by atoms with E-state index in [2.05, 4.69) is 0 Å². The van der Waals surface area contributed by atoms with Crippen LogP contribution in [0.25, 0.3) is 0 Å². The number of carbonyl (C=O) groups is 2. The molecule has 96 valence electrons. The van der Waals surface area contributed by atoms with Crippen molar-refractivity contribution in [2.75, 3.05) is 6.61 Å². The van der Waals surface area contributed by atoms with Crippen molar-refractivity contribution in [1.82, 2.24) is 4.90 Å². The topological polar surface area (TPSA) is 77.8 Å². The first-order valence-corrected chi connectivity index (χ1v) is 5.87. The van der Waals surface area contributed by atoms with Gasteiger partial charge in [0.25, 0.3) is 11.8 Å². The number of carbonyl (C=O) groups excluding carboxylic acids is 2. The fourth-order valence-electron chi connectivity index (χ4n) is 2.26. The number of hydrogen-bond acceptors (Lipinski definition) is 4. The van der Waals surface area contributed by atoms with Gasteiger partial charge in [-0.1, -0.05) is 19.1 Å². The second kappa shape index (κ2) is 4.88. The van der Waals surface area contributed by atoms with Gasteiger partial charge in [0.2, 0.25) is 0 Å². The predicted octanol–water partition coefficient (Wildman–Crippen LogP) is 0.414. The number of fused-ring (bicyclic) bond motifs is 1. The maximum atomic E-state index is 12.1. The molecule has 1 aromatic rings. The van der Waals surface area contributed by atoms with Crippen LogP contribution in [0.3, 0.4) is 0 Å². The van der Waals surface area contributed by atoms with Crippen LogP contribution in [0, 0.1) is 0 Å². The Bertz CT molecular complexity index is 451. The largest absolute Gasteiger partial charge is 0.394 e. The average molecular weight is 249 g/mol. The van der Waals surface area contributed by atoms with Crippen LogP contribution in [0.1, 0.15) is 34.1 Å². The summed E-state index contributed by atoms with van der Waals surface area (Å²) in [4.78, 5) is 25.3. The first-order valence-electron chi connectivity index (χ1n) is 5.87. The second-order valence-corrected chi connectivity index (χ2v) is 4.25. The zero-order chi connectivity index (χ0) is 13.3. The van der Waals surface area contributed by atoms with E-state index in [1.54, 1.807) is 31.2 Å². The van der Waals surface area contributed by atoms with E-state index in [-0.39, 0.29) is 0 Å². The molecule has 1 heterocycles. The molecule has 1 aromatic carbocycles. The van der Waals surface area contributed by atoms with Crippen LogP contribution in [0.4, 0.5) is 0 Å². The lowest BCUT2D eigenvalue weighted by Gasteiger charge is -2.28. The van der Waals surface area contributed by atoms with E-state index in [0.29, 0.717) is 17.5 Å². The van der Waals surface area contributed by atoms with Gasteiger partial charge in [0.05, 0.1) is 29.9 Å². The number of hydrogen-bond donors (Lipinski definition) is 2. The summed E-state index contributed by atoms with van der Waals surface area (Å²) < 4.78 is 0. The van der Waals surface area contributed by atoms with Crippen LogP contribution in [0.2, 0.25) is 0 Å². The molecule has 0 bridgehead atoms. The summed E-state index contributed by atoms with van der Waals surface area (Å²) in [5, 5.41) is 18.7. The van der Waals surface area contributed by atoms with Crippen LogP contribution in [0.15, 0.2) is 24.3 Å². The Morgan fingerprint density at radius 1 is 1.17 bits per heavy atom. The predicted molar refractivity (Wildman–Crippen MR) is 64.1 cm³/mol. The third kappa shape index (κ3) is 1.81. The van der Waals surface area contributed by atoms with Gasteiger partial charge in [0, 0.05) is 0 Å². The molecule has 0 aliphatic carbocycles. The molecule has 2 amide bonds. The maximum Gasteiger partial charge on any atom is 0.261 e. The number of nitrogens with zero attached hydrogens (tertiary/aromatic N) is 1.